The predicted octanol–water partition coefficient (Wildman–Crippen LogP) is 1.54. The maximum atomic E-state index is 12.1. The van der Waals surface area contributed by atoms with E-state index in [1.165, 1.54) is 5.56 Å². The highest BCUT2D eigenvalue weighted by atomic mass is 16.5. The first-order valence-electron chi connectivity index (χ1n) is 7.47. The SMILES string of the molecule is CC(C)(C)OCC(=O)N1CCN(Cc2ccncc2)CC1. The van der Waals surface area contributed by atoms with Gasteiger partial charge in [0, 0.05) is 45.1 Å². The quantitative estimate of drug-likeness (QED) is 0.844. The molecule has 0 radical (unpaired) electrons. The van der Waals surface area contributed by atoms with Crippen LogP contribution in [0.4, 0.5) is 0 Å². The number of piperazine rings is 1. The molecule has 1 aromatic rings. The molecule has 5 heteroatoms. The molecular formula is C16H25N3O2. The first-order valence-corrected chi connectivity index (χ1v) is 7.47. The lowest BCUT2D eigenvalue weighted by molar-refractivity contribution is -0.142. The normalized spacial score (nSPS) is 17.0. The lowest BCUT2D eigenvalue weighted by Crippen LogP contribution is -2.49. The topological polar surface area (TPSA) is 45.7 Å². The molecular weight excluding hydrogens is 266 g/mol. The van der Waals surface area contributed by atoms with Crippen LogP contribution in [0.1, 0.15) is 26.3 Å². The molecule has 0 spiro atoms. The van der Waals surface area contributed by atoms with Gasteiger partial charge in [-0.1, -0.05) is 0 Å². The second-order valence-electron chi connectivity index (χ2n) is 6.41. The zero-order valence-corrected chi connectivity index (χ0v) is 13.2. The Bertz CT molecular complexity index is 448. The minimum Gasteiger partial charge on any atom is -0.366 e. The van der Waals surface area contributed by atoms with Crippen molar-refractivity contribution in [3.05, 3.63) is 30.1 Å². The summed E-state index contributed by atoms with van der Waals surface area (Å²) in [6, 6.07) is 4.07. The van der Waals surface area contributed by atoms with Crippen molar-refractivity contribution in [1.82, 2.24) is 14.8 Å². The molecule has 2 heterocycles. The number of hydrogen-bond donors (Lipinski definition) is 0. The van der Waals surface area contributed by atoms with Crippen LogP contribution in [0.3, 0.4) is 0 Å². The summed E-state index contributed by atoms with van der Waals surface area (Å²) < 4.78 is 5.56. The molecule has 0 aliphatic carbocycles. The first kappa shape index (κ1) is 15.9. The van der Waals surface area contributed by atoms with Crippen molar-refractivity contribution in [3.8, 4) is 0 Å². The van der Waals surface area contributed by atoms with E-state index in [0.717, 1.165) is 32.7 Å². The van der Waals surface area contributed by atoms with Crippen LogP contribution in [0.5, 0.6) is 0 Å². The lowest BCUT2D eigenvalue weighted by atomic mass is 10.2. The zero-order chi connectivity index (χ0) is 15.3. The van der Waals surface area contributed by atoms with Gasteiger partial charge in [0.2, 0.25) is 5.91 Å². The van der Waals surface area contributed by atoms with Gasteiger partial charge < -0.3 is 9.64 Å². The van der Waals surface area contributed by atoms with E-state index in [0.29, 0.717) is 0 Å². The van der Waals surface area contributed by atoms with Crippen molar-refractivity contribution >= 4 is 5.91 Å². The number of pyridine rings is 1. The standard InChI is InChI=1S/C16H25N3O2/c1-16(2,3)21-13-15(20)19-10-8-18(9-11-19)12-14-4-6-17-7-5-14/h4-7H,8-13H2,1-3H3. The first-order chi connectivity index (χ1) is 9.94. The molecule has 21 heavy (non-hydrogen) atoms. The zero-order valence-electron chi connectivity index (χ0n) is 13.2. The van der Waals surface area contributed by atoms with E-state index in [-0.39, 0.29) is 18.1 Å². The van der Waals surface area contributed by atoms with Gasteiger partial charge in [0.1, 0.15) is 6.61 Å². The molecule has 116 valence electrons. The molecule has 0 N–H and O–H groups in total. The van der Waals surface area contributed by atoms with Crippen LogP contribution in [0.15, 0.2) is 24.5 Å². The van der Waals surface area contributed by atoms with E-state index >= 15 is 0 Å². The summed E-state index contributed by atoms with van der Waals surface area (Å²) in [5, 5.41) is 0. The van der Waals surface area contributed by atoms with E-state index in [4.69, 9.17) is 4.74 Å². The maximum Gasteiger partial charge on any atom is 0.248 e. The molecule has 1 aliphatic heterocycles. The van der Waals surface area contributed by atoms with E-state index in [2.05, 4.69) is 9.88 Å². The molecule has 0 unspecified atom stereocenters. The van der Waals surface area contributed by atoms with Crippen molar-refractivity contribution in [1.29, 1.82) is 0 Å². The largest absolute Gasteiger partial charge is 0.366 e. The molecule has 0 aromatic carbocycles. The highest BCUT2D eigenvalue weighted by Crippen LogP contribution is 2.10. The Morgan fingerprint density at radius 2 is 1.81 bits per heavy atom. The van der Waals surface area contributed by atoms with Gasteiger partial charge in [0.05, 0.1) is 5.60 Å². The number of carbonyl (C=O) groups is 1. The van der Waals surface area contributed by atoms with Crippen LogP contribution in [0.25, 0.3) is 0 Å². The number of rotatable bonds is 4. The Morgan fingerprint density at radius 3 is 2.38 bits per heavy atom. The third-order valence-electron chi connectivity index (χ3n) is 3.51. The van der Waals surface area contributed by atoms with Crippen molar-refractivity contribution in [2.45, 2.75) is 32.9 Å². The van der Waals surface area contributed by atoms with E-state index < -0.39 is 0 Å². The summed E-state index contributed by atoms with van der Waals surface area (Å²) in [4.78, 5) is 20.4. The molecule has 1 saturated heterocycles. The molecule has 2 rings (SSSR count). The van der Waals surface area contributed by atoms with Gasteiger partial charge in [0.25, 0.3) is 0 Å². The molecule has 1 fully saturated rings. The Balaban J connectivity index is 1.74. The lowest BCUT2D eigenvalue weighted by Gasteiger charge is -2.35. The summed E-state index contributed by atoms with van der Waals surface area (Å²) in [5.74, 6) is 0.0912. The fourth-order valence-electron chi connectivity index (χ4n) is 2.27. The molecule has 1 aliphatic rings. The van der Waals surface area contributed by atoms with Gasteiger partial charge in [-0.05, 0) is 38.5 Å². The third-order valence-corrected chi connectivity index (χ3v) is 3.51. The van der Waals surface area contributed by atoms with Gasteiger partial charge in [-0.15, -0.1) is 0 Å². The van der Waals surface area contributed by atoms with Crippen molar-refractivity contribution in [3.63, 3.8) is 0 Å². The number of nitrogens with zero attached hydrogens (tertiary/aromatic N) is 3. The minimum absolute atomic E-state index is 0.0912. The summed E-state index contributed by atoms with van der Waals surface area (Å²) in [7, 11) is 0. The fourth-order valence-corrected chi connectivity index (χ4v) is 2.27. The van der Waals surface area contributed by atoms with Crippen LogP contribution >= 0.6 is 0 Å². The van der Waals surface area contributed by atoms with Crippen molar-refractivity contribution < 1.29 is 9.53 Å². The second kappa shape index (κ2) is 7.00. The number of hydrogen-bond acceptors (Lipinski definition) is 4. The van der Waals surface area contributed by atoms with Crippen LogP contribution in [-0.4, -0.2) is 59.1 Å². The molecule has 0 atom stereocenters. The number of ether oxygens (including phenoxy) is 1. The highest BCUT2D eigenvalue weighted by Gasteiger charge is 2.22. The number of aromatic nitrogens is 1. The van der Waals surface area contributed by atoms with Gasteiger partial charge in [-0.2, -0.15) is 0 Å². The van der Waals surface area contributed by atoms with Crippen molar-refractivity contribution in [2.75, 3.05) is 32.8 Å². The molecule has 0 saturated carbocycles. The summed E-state index contributed by atoms with van der Waals surface area (Å²) >= 11 is 0. The smallest absolute Gasteiger partial charge is 0.248 e. The van der Waals surface area contributed by atoms with E-state index in [1.54, 1.807) is 0 Å². The molecule has 1 aromatic heterocycles. The average Bonchev–Trinajstić information content (AvgIpc) is 2.46. The van der Waals surface area contributed by atoms with Gasteiger partial charge in [-0.25, -0.2) is 0 Å². The summed E-state index contributed by atoms with van der Waals surface area (Å²) in [6.07, 6.45) is 3.64. The Morgan fingerprint density at radius 1 is 1.19 bits per heavy atom. The third kappa shape index (κ3) is 5.44. The highest BCUT2D eigenvalue weighted by molar-refractivity contribution is 5.77. The summed E-state index contributed by atoms with van der Waals surface area (Å²) in [5.41, 5.74) is 1.000. The molecule has 1 amide bonds. The fraction of sp³-hybridized carbons (Fsp3) is 0.625. The average molecular weight is 291 g/mol. The maximum absolute atomic E-state index is 12.1. The Labute approximate surface area is 126 Å². The van der Waals surface area contributed by atoms with Gasteiger partial charge in [-0.3, -0.25) is 14.7 Å². The van der Waals surface area contributed by atoms with Crippen molar-refractivity contribution in [2.24, 2.45) is 0 Å². The molecule has 0 bridgehead atoms. The van der Waals surface area contributed by atoms with Crippen LogP contribution < -0.4 is 0 Å². The number of carbonyl (C=O) groups excluding carboxylic acids is 1. The Hall–Kier alpha value is -1.46. The molecule has 5 nitrogen and oxygen atoms in total. The van der Waals surface area contributed by atoms with Gasteiger partial charge in [0.15, 0.2) is 0 Å². The minimum atomic E-state index is -0.265. The van der Waals surface area contributed by atoms with Crippen LogP contribution in [0.2, 0.25) is 0 Å². The van der Waals surface area contributed by atoms with Gasteiger partial charge >= 0.3 is 0 Å². The predicted molar refractivity (Wildman–Crippen MR) is 81.8 cm³/mol. The Kier molecular flexibility index (Phi) is 5.31. The number of amides is 1. The van der Waals surface area contributed by atoms with E-state index in [1.807, 2.05) is 50.2 Å². The second-order valence-corrected chi connectivity index (χ2v) is 6.41. The van der Waals surface area contributed by atoms with Crippen LogP contribution in [-0.2, 0) is 16.1 Å². The van der Waals surface area contributed by atoms with Crippen LogP contribution in [0, 0.1) is 0 Å². The summed E-state index contributed by atoms with van der Waals surface area (Å²) in [6.45, 7) is 10.4. The van der Waals surface area contributed by atoms with E-state index in [9.17, 15) is 4.79 Å². The monoisotopic (exact) mass is 291 g/mol.